The van der Waals surface area contributed by atoms with Crippen molar-refractivity contribution in [2.75, 3.05) is 11.1 Å². The van der Waals surface area contributed by atoms with Crippen LogP contribution in [0.5, 0.6) is 0 Å². The van der Waals surface area contributed by atoms with Gasteiger partial charge in [0.05, 0.1) is 0 Å². The molecule has 1 nitrogen and oxygen atoms in total. The topological polar surface area (TPSA) is 3.24 Å². The number of hydrogen-bond donors (Lipinski definition) is 0. The quantitative estimate of drug-likeness (QED) is 0.172. The molecule has 0 aliphatic rings. The second-order valence-electron chi connectivity index (χ2n) is 8.45. The van der Waals surface area contributed by atoms with Crippen LogP contribution >= 0.6 is 0 Å². The van der Waals surface area contributed by atoms with Crippen LogP contribution in [-0.2, 0) is 0 Å². The van der Waals surface area contributed by atoms with Gasteiger partial charge in [0.1, 0.15) is 0 Å². The molecule has 0 saturated carbocycles. The second-order valence-corrected chi connectivity index (χ2v) is 22.2. The molecule has 0 radical (unpaired) electrons. The molecule has 0 bridgehead atoms. The standard InChI is InChI=1S/C13H18N.3C4H9.Sn/c1-4-5-11-14(3)12(2)13-9-7-6-8-10-13;3*1-3-4-2;/h4,6-10,12H,1,3,5,11H2,2H3;3*1,3-4H2,2H3;/t12-;;;;/m1..../s1. The van der Waals surface area contributed by atoms with Gasteiger partial charge < -0.3 is 0 Å². The first-order chi connectivity index (χ1) is 13.1. The fourth-order valence-corrected chi connectivity index (χ4v) is 20.9. The van der Waals surface area contributed by atoms with E-state index in [0.717, 1.165) is 6.42 Å². The van der Waals surface area contributed by atoms with Gasteiger partial charge in [0, 0.05) is 0 Å². The van der Waals surface area contributed by atoms with Crippen molar-refractivity contribution in [3.05, 3.63) is 48.6 Å². The van der Waals surface area contributed by atoms with Crippen LogP contribution in [0.1, 0.15) is 84.2 Å². The van der Waals surface area contributed by atoms with Crippen LogP contribution in [0.4, 0.5) is 0 Å². The molecule has 0 aliphatic heterocycles. The Kier molecular flexibility index (Phi) is 13.5. The zero-order valence-electron chi connectivity index (χ0n) is 18.7. The Balaban J connectivity index is 3.06. The van der Waals surface area contributed by atoms with Crippen molar-refractivity contribution in [2.24, 2.45) is 0 Å². The molecule has 27 heavy (non-hydrogen) atoms. The van der Waals surface area contributed by atoms with E-state index >= 15 is 0 Å². The summed E-state index contributed by atoms with van der Waals surface area (Å²) < 4.78 is 6.23. The Morgan fingerprint density at radius 3 is 1.89 bits per heavy atom. The summed E-state index contributed by atoms with van der Waals surface area (Å²) in [6.45, 7) is 14.7. The van der Waals surface area contributed by atoms with Crippen LogP contribution in [0, 0.1) is 0 Å². The molecule has 1 aromatic rings. The molecule has 0 heterocycles. The fraction of sp³-hybridized carbons (Fsp3) is 0.680. The number of hydrogen-bond acceptors (Lipinski definition) is 1. The first-order valence-corrected chi connectivity index (χ1v) is 19.6. The van der Waals surface area contributed by atoms with Gasteiger partial charge in [-0.3, -0.25) is 0 Å². The van der Waals surface area contributed by atoms with Crippen LogP contribution in [0.15, 0.2) is 43.0 Å². The number of rotatable bonds is 16. The molecule has 0 spiro atoms. The molecule has 0 saturated heterocycles. The van der Waals surface area contributed by atoms with E-state index in [1.54, 1.807) is 13.3 Å². The summed E-state index contributed by atoms with van der Waals surface area (Å²) in [6, 6.07) is 11.7. The van der Waals surface area contributed by atoms with E-state index < -0.39 is 18.4 Å². The van der Waals surface area contributed by atoms with Gasteiger partial charge in [0.15, 0.2) is 0 Å². The van der Waals surface area contributed by atoms with Gasteiger partial charge in [0.25, 0.3) is 0 Å². The van der Waals surface area contributed by atoms with Gasteiger partial charge in [-0.1, -0.05) is 0 Å². The van der Waals surface area contributed by atoms with E-state index in [4.69, 9.17) is 0 Å². The van der Waals surface area contributed by atoms with Crippen molar-refractivity contribution in [1.29, 1.82) is 0 Å². The third-order valence-electron chi connectivity index (χ3n) is 6.17. The molecule has 1 atom stereocenters. The minimum absolute atomic E-state index is 0.520. The molecular formula is C25H45NSn. The monoisotopic (exact) mass is 479 g/mol. The molecule has 0 amide bonds. The summed E-state index contributed by atoms with van der Waals surface area (Å²) in [4.78, 5) is 2.84. The zero-order chi connectivity index (χ0) is 20.0. The summed E-state index contributed by atoms with van der Waals surface area (Å²) >= 11 is -2.17. The first-order valence-electron chi connectivity index (χ1n) is 11.5. The molecule has 1 rings (SSSR count). The van der Waals surface area contributed by atoms with Gasteiger partial charge in [0.2, 0.25) is 0 Å². The van der Waals surface area contributed by atoms with Gasteiger partial charge in [-0.05, 0) is 0 Å². The molecule has 0 N–H and O–H groups in total. The molecular weight excluding hydrogens is 433 g/mol. The van der Waals surface area contributed by atoms with Crippen LogP contribution in [0.2, 0.25) is 13.3 Å². The van der Waals surface area contributed by atoms with Crippen LogP contribution in [0.25, 0.3) is 0 Å². The first kappa shape index (κ1) is 24.8. The molecule has 1 aromatic carbocycles. The normalized spacial score (nSPS) is 13.1. The number of unbranched alkanes of at least 4 members (excludes halogenated alkanes) is 3. The van der Waals surface area contributed by atoms with Crippen molar-refractivity contribution < 1.29 is 0 Å². The Bertz CT molecular complexity index is 463. The van der Waals surface area contributed by atoms with Crippen molar-refractivity contribution in [3.63, 3.8) is 0 Å². The molecule has 2 heteroatoms. The van der Waals surface area contributed by atoms with Crippen LogP contribution in [-0.4, -0.2) is 34.4 Å². The summed E-state index contributed by atoms with van der Waals surface area (Å²) in [7, 11) is 0. The molecule has 154 valence electrons. The van der Waals surface area contributed by atoms with Gasteiger partial charge in [-0.2, -0.15) is 0 Å². The molecule has 0 fully saturated rings. The summed E-state index contributed by atoms with van der Waals surface area (Å²) in [5.41, 5.74) is 1.48. The van der Waals surface area contributed by atoms with Gasteiger partial charge in [-0.15, -0.1) is 0 Å². The maximum absolute atomic E-state index is 4.00. The summed E-state index contributed by atoms with van der Waals surface area (Å²) in [5.74, 6) is 0. The van der Waals surface area contributed by atoms with Gasteiger partial charge >= 0.3 is 175 Å². The second kappa shape index (κ2) is 14.7. The van der Waals surface area contributed by atoms with E-state index in [-0.39, 0.29) is 0 Å². The average Bonchev–Trinajstić information content (AvgIpc) is 2.72. The van der Waals surface area contributed by atoms with E-state index in [1.165, 1.54) is 55.2 Å². The number of benzene rings is 1. The van der Waals surface area contributed by atoms with E-state index in [0.29, 0.717) is 6.04 Å². The van der Waals surface area contributed by atoms with E-state index in [2.05, 4.69) is 75.6 Å². The minimum atomic E-state index is -2.17. The van der Waals surface area contributed by atoms with Crippen molar-refractivity contribution >= 4 is 18.4 Å². The zero-order valence-corrected chi connectivity index (χ0v) is 21.5. The Morgan fingerprint density at radius 2 is 1.44 bits per heavy atom. The van der Waals surface area contributed by atoms with E-state index in [9.17, 15) is 0 Å². The number of nitrogens with zero attached hydrogens (tertiary/aromatic N) is 1. The summed E-state index contributed by atoms with van der Waals surface area (Å²) in [6.07, 6.45) is 11.7. The SMILES string of the molecule is C=CCCN([CH2][Sn]([CH2]CCC)([CH2]CCC)[CH2]CCC)[C@H](C)c1ccccc1. The van der Waals surface area contributed by atoms with E-state index in [1.807, 2.05) is 0 Å². The maximum atomic E-state index is 4.00. The van der Waals surface area contributed by atoms with Crippen molar-refractivity contribution in [2.45, 2.75) is 92.0 Å². The third kappa shape index (κ3) is 9.17. The Hall–Kier alpha value is -0.281. The predicted molar refractivity (Wildman–Crippen MR) is 126 cm³/mol. The Morgan fingerprint density at radius 1 is 0.926 bits per heavy atom. The molecule has 0 aliphatic carbocycles. The van der Waals surface area contributed by atoms with Crippen molar-refractivity contribution in [1.82, 2.24) is 4.90 Å². The third-order valence-corrected chi connectivity index (χ3v) is 21.4. The van der Waals surface area contributed by atoms with Crippen LogP contribution in [0.3, 0.4) is 0 Å². The van der Waals surface area contributed by atoms with Crippen molar-refractivity contribution in [3.8, 4) is 0 Å². The average molecular weight is 478 g/mol. The molecule has 0 unspecified atom stereocenters. The van der Waals surface area contributed by atoms with Gasteiger partial charge in [-0.25, -0.2) is 0 Å². The molecule has 0 aromatic heterocycles. The Labute approximate surface area is 174 Å². The predicted octanol–water partition coefficient (Wildman–Crippen LogP) is 8.01. The summed E-state index contributed by atoms with van der Waals surface area (Å²) in [5, 5.41) is 0. The van der Waals surface area contributed by atoms with Crippen LogP contribution < -0.4 is 0 Å². The fourth-order valence-electron chi connectivity index (χ4n) is 4.31.